The Hall–Kier alpha value is -3.38. The lowest BCUT2D eigenvalue weighted by molar-refractivity contribution is 0.0694. The molecular weight excluding hydrogens is 442 g/mol. The molecule has 3 aromatic rings. The van der Waals surface area contributed by atoms with Crippen LogP contribution in [0.4, 0.5) is 0 Å². The number of methoxy groups -OCH3 is 4. The van der Waals surface area contributed by atoms with Crippen molar-refractivity contribution in [3.63, 3.8) is 0 Å². The summed E-state index contributed by atoms with van der Waals surface area (Å²) in [7, 11) is 6.42. The number of rotatable bonds is 6. The van der Waals surface area contributed by atoms with E-state index in [1.807, 2.05) is 35.2 Å². The van der Waals surface area contributed by atoms with Crippen LogP contribution in [0.25, 0.3) is 0 Å². The van der Waals surface area contributed by atoms with E-state index in [1.165, 1.54) is 0 Å². The second-order valence-corrected chi connectivity index (χ2v) is 8.12. The number of fused-ring (bicyclic) bond motifs is 1. The van der Waals surface area contributed by atoms with Crippen LogP contribution in [0.2, 0.25) is 5.02 Å². The SMILES string of the molecule is COc1ccc([C@H]2c3cc(OC)c(OC)cc3CCN2C(=O)c2cccc(Cl)c2)cc1OC. The Morgan fingerprint density at radius 3 is 2.18 bits per heavy atom. The van der Waals surface area contributed by atoms with Crippen LogP contribution in [0.1, 0.15) is 33.1 Å². The fraction of sp³-hybridized carbons (Fsp3) is 0.269. The molecule has 0 aromatic heterocycles. The third kappa shape index (κ3) is 4.31. The van der Waals surface area contributed by atoms with Gasteiger partial charge in [0.1, 0.15) is 0 Å². The fourth-order valence-electron chi connectivity index (χ4n) is 4.33. The van der Waals surface area contributed by atoms with Crippen LogP contribution in [0, 0.1) is 0 Å². The summed E-state index contributed by atoms with van der Waals surface area (Å²) in [4.78, 5) is 15.5. The normalized spacial score (nSPS) is 14.9. The van der Waals surface area contributed by atoms with Gasteiger partial charge in [0.05, 0.1) is 34.5 Å². The zero-order chi connectivity index (χ0) is 23.5. The van der Waals surface area contributed by atoms with Crippen LogP contribution in [0.15, 0.2) is 54.6 Å². The Morgan fingerprint density at radius 1 is 0.848 bits per heavy atom. The van der Waals surface area contributed by atoms with Crippen LogP contribution >= 0.6 is 11.6 Å². The zero-order valence-electron chi connectivity index (χ0n) is 19.1. The van der Waals surface area contributed by atoms with E-state index in [9.17, 15) is 4.79 Å². The van der Waals surface area contributed by atoms with Crippen LogP contribution in [0.3, 0.4) is 0 Å². The molecule has 0 aliphatic carbocycles. The molecule has 0 bridgehead atoms. The van der Waals surface area contributed by atoms with E-state index in [0.29, 0.717) is 46.5 Å². The smallest absolute Gasteiger partial charge is 0.254 e. The highest BCUT2D eigenvalue weighted by Crippen LogP contribution is 2.43. The lowest BCUT2D eigenvalue weighted by atomic mass is 9.87. The van der Waals surface area contributed by atoms with Crippen molar-refractivity contribution in [2.24, 2.45) is 0 Å². The van der Waals surface area contributed by atoms with Crippen molar-refractivity contribution in [3.05, 3.63) is 81.9 Å². The predicted octanol–water partition coefficient (Wildman–Crippen LogP) is 5.16. The third-order valence-electron chi connectivity index (χ3n) is 5.93. The monoisotopic (exact) mass is 467 g/mol. The highest BCUT2D eigenvalue weighted by molar-refractivity contribution is 6.31. The molecule has 1 aliphatic rings. The van der Waals surface area contributed by atoms with Gasteiger partial charge in [-0.25, -0.2) is 0 Å². The largest absolute Gasteiger partial charge is 0.493 e. The Balaban J connectivity index is 1.88. The van der Waals surface area contributed by atoms with Gasteiger partial charge in [0.15, 0.2) is 23.0 Å². The molecular formula is C26H26ClNO5. The van der Waals surface area contributed by atoms with E-state index in [0.717, 1.165) is 16.7 Å². The van der Waals surface area contributed by atoms with Gasteiger partial charge in [0.2, 0.25) is 0 Å². The lowest BCUT2D eigenvalue weighted by Gasteiger charge is -2.38. The summed E-state index contributed by atoms with van der Waals surface area (Å²) in [6.45, 7) is 0.535. The topological polar surface area (TPSA) is 57.2 Å². The van der Waals surface area contributed by atoms with Gasteiger partial charge in [-0.2, -0.15) is 0 Å². The van der Waals surface area contributed by atoms with Crippen LogP contribution < -0.4 is 18.9 Å². The molecule has 1 heterocycles. The number of hydrogen-bond acceptors (Lipinski definition) is 5. The minimum absolute atomic E-state index is 0.0993. The first-order valence-electron chi connectivity index (χ1n) is 10.5. The number of carbonyl (C=O) groups excluding carboxylic acids is 1. The molecule has 4 rings (SSSR count). The molecule has 3 aromatic carbocycles. The van der Waals surface area contributed by atoms with E-state index in [1.54, 1.807) is 52.7 Å². The van der Waals surface area contributed by atoms with Gasteiger partial charge in [0.25, 0.3) is 5.91 Å². The van der Waals surface area contributed by atoms with Crippen LogP contribution in [-0.4, -0.2) is 45.8 Å². The van der Waals surface area contributed by atoms with E-state index < -0.39 is 0 Å². The minimum atomic E-state index is -0.361. The average molecular weight is 468 g/mol. The Morgan fingerprint density at radius 2 is 1.52 bits per heavy atom. The molecule has 0 N–H and O–H groups in total. The number of hydrogen-bond donors (Lipinski definition) is 0. The number of nitrogens with zero attached hydrogens (tertiary/aromatic N) is 1. The van der Waals surface area contributed by atoms with Gasteiger partial charge in [0, 0.05) is 17.1 Å². The number of carbonyl (C=O) groups is 1. The first-order chi connectivity index (χ1) is 16.0. The highest BCUT2D eigenvalue weighted by Gasteiger charge is 2.34. The molecule has 1 aliphatic heterocycles. The summed E-state index contributed by atoms with van der Waals surface area (Å²) in [6.07, 6.45) is 0.686. The van der Waals surface area contributed by atoms with E-state index in [4.69, 9.17) is 30.5 Å². The van der Waals surface area contributed by atoms with Gasteiger partial charge >= 0.3 is 0 Å². The standard InChI is InChI=1S/C26H26ClNO5/c1-30-21-9-8-17(14-22(21)31-2)25-20-15-24(33-4)23(32-3)13-16(20)10-11-28(25)26(29)18-6-5-7-19(27)12-18/h5-9,12-15,25H,10-11H2,1-4H3/t25-/m0/s1. The maximum Gasteiger partial charge on any atom is 0.254 e. The molecule has 1 amide bonds. The summed E-state index contributed by atoms with van der Waals surface area (Å²) in [6, 6.07) is 16.3. The lowest BCUT2D eigenvalue weighted by Crippen LogP contribution is -2.40. The third-order valence-corrected chi connectivity index (χ3v) is 6.16. The van der Waals surface area contributed by atoms with Crippen molar-refractivity contribution in [1.82, 2.24) is 4.90 Å². The summed E-state index contributed by atoms with van der Waals surface area (Å²) < 4.78 is 22.0. The summed E-state index contributed by atoms with van der Waals surface area (Å²) in [5.41, 5.74) is 3.51. The van der Waals surface area contributed by atoms with Gasteiger partial charge < -0.3 is 23.8 Å². The van der Waals surface area contributed by atoms with E-state index in [-0.39, 0.29) is 11.9 Å². The first kappa shape index (κ1) is 22.8. The molecule has 7 heteroatoms. The van der Waals surface area contributed by atoms with E-state index in [2.05, 4.69) is 0 Å². The molecule has 0 spiro atoms. The zero-order valence-corrected chi connectivity index (χ0v) is 19.8. The Bertz CT molecular complexity index is 1180. The molecule has 6 nitrogen and oxygen atoms in total. The molecule has 172 valence electrons. The molecule has 0 saturated heterocycles. The van der Waals surface area contributed by atoms with Crippen molar-refractivity contribution in [2.75, 3.05) is 35.0 Å². The second kappa shape index (κ2) is 9.63. The number of ether oxygens (including phenoxy) is 4. The summed E-state index contributed by atoms with van der Waals surface area (Å²) >= 11 is 6.18. The highest BCUT2D eigenvalue weighted by atomic mass is 35.5. The Kier molecular flexibility index (Phi) is 6.65. The second-order valence-electron chi connectivity index (χ2n) is 7.68. The quantitative estimate of drug-likeness (QED) is 0.501. The number of halogens is 1. The summed E-state index contributed by atoms with van der Waals surface area (Å²) in [5.74, 6) is 2.39. The molecule has 0 fully saturated rings. The maximum atomic E-state index is 13.7. The maximum absolute atomic E-state index is 13.7. The van der Waals surface area contributed by atoms with Crippen molar-refractivity contribution >= 4 is 17.5 Å². The molecule has 1 atom stereocenters. The van der Waals surface area contributed by atoms with Gasteiger partial charge in [-0.05, 0) is 65.6 Å². The minimum Gasteiger partial charge on any atom is -0.493 e. The number of benzene rings is 3. The molecule has 33 heavy (non-hydrogen) atoms. The number of amides is 1. The van der Waals surface area contributed by atoms with E-state index >= 15 is 0 Å². The average Bonchev–Trinajstić information content (AvgIpc) is 2.86. The van der Waals surface area contributed by atoms with Crippen LogP contribution in [-0.2, 0) is 6.42 Å². The first-order valence-corrected chi connectivity index (χ1v) is 10.9. The molecule has 0 saturated carbocycles. The predicted molar refractivity (Wildman–Crippen MR) is 127 cm³/mol. The van der Waals surface area contributed by atoms with Crippen molar-refractivity contribution < 1.29 is 23.7 Å². The fourth-order valence-corrected chi connectivity index (χ4v) is 4.52. The summed E-state index contributed by atoms with van der Waals surface area (Å²) in [5, 5.41) is 0.521. The van der Waals surface area contributed by atoms with Crippen molar-refractivity contribution in [2.45, 2.75) is 12.5 Å². The van der Waals surface area contributed by atoms with Gasteiger partial charge in [-0.3, -0.25) is 4.79 Å². The van der Waals surface area contributed by atoms with Crippen molar-refractivity contribution in [3.8, 4) is 23.0 Å². The van der Waals surface area contributed by atoms with Gasteiger partial charge in [-0.15, -0.1) is 0 Å². The Labute approximate surface area is 198 Å². The van der Waals surface area contributed by atoms with Crippen molar-refractivity contribution in [1.29, 1.82) is 0 Å². The van der Waals surface area contributed by atoms with Crippen LogP contribution in [0.5, 0.6) is 23.0 Å². The molecule has 0 unspecified atom stereocenters. The van der Waals surface area contributed by atoms with Gasteiger partial charge in [-0.1, -0.05) is 23.7 Å². The molecule has 0 radical (unpaired) electrons.